The Balaban J connectivity index is 1.56. The SMILES string of the molecule is O=C(CSc1nnc(CN2CCCCC2)o1)Nc1c(Cl)cc(Cl)cc1C(=O)O. The summed E-state index contributed by atoms with van der Waals surface area (Å²) in [5.41, 5.74) is -0.182. The van der Waals surface area contributed by atoms with Gasteiger partial charge in [-0.15, -0.1) is 10.2 Å². The molecule has 1 amide bonds. The van der Waals surface area contributed by atoms with Crippen LogP contribution in [-0.4, -0.2) is 50.9 Å². The first-order chi connectivity index (χ1) is 13.4. The highest BCUT2D eigenvalue weighted by Crippen LogP contribution is 2.30. The van der Waals surface area contributed by atoms with Gasteiger partial charge in [0.25, 0.3) is 5.22 Å². The lowest BCUT2D eigenvalue weighted by molar-refractivity contribution is -0.113. The van der Waals surface area contributed by atoms with Gasteiger partial charge in [-0.25, -0.2) is 4.79 Å². The summed E-state index contributed by atoms with van der Waals surface area (Å²) in [5, 5.41) is 20.2. The van der Waals surface area contributed by atoms with Crippen molar-refractivity contribution in [2.45, 2.75) is 31.0 Å². The molecule has 150 valence electrons. The Kier molecular flexibility index (Phi) is 7.17. The van der Waals surface area contributed by atoms with Crippen LogP contribution in [-0.2, 0) is 11.3 Å². The van der Waals surface area contributed by atoms with Gasteiger partial charge in [-0.1, -0.05) is 41.4 Å². The van der Waals surface area contributed by atoms with E-state index in [0.717, 1.165) is 24.9 Å². The fourth-order valence-corrected chi connectivity index (χ4v) is 3.96. The lowest BCUT2D eigenvalue weighted by Crippen LogP contribution is -2.29. The zero-order valence-corrected chi connectivity index (χ0v) is 17.1. The molecule has 0 aliphatic carbocycles. The minimum Gasteiger partial charge on any atom is -0.478 e. The first-order valence-corrected chi connectivity index (χ1v) is 10.4. The Morgan fingerprint density at radius 3 is 2.68 bits per heavy atom. The summed E-state index contributed by atoms with van der Waals surface area (Å²) in [4.78, 5) is 25.8. The van der Waals surface area contributed by atoms with E-state index < -0.39 is 11.9 Å². The summed E-state index contributed by atoms with van der Waals surface area (Å²) < 4.78 is 5.57. The monoisotopic (exact) mass is 444 g/mol. The third-order valence-corrected chi connectivity index (χ3v) is 5.47. The minimum atomic E-state index is -1.24. The smallest absolute Gasteiger partial charge is 0.337 e. The van der Waals surface area contributed by atoms with Gasteiger partial charge in [-0.05, 0) is 38.1 Å². The maximum Gasteiger partial charge on any atom is 0.337 e. The van der Waals surface area contributed by atoms with Crippen LogP contribution in [0.15, 0.2) is 21.8 Å². The van der Waals surface area contributed by atoms with E-state index in [1.165, 1.54) is 31.4 Å². The number of piperidine rings is 1. The second kappa shape index (κ2) is 9.60. The molecule has 2 aromatic rings. The highest BCUT2D eigenvalue weighted by molar-refractivity contribution is 7.99. The molecule has 28 heavy (non-hydrogen) atoms. The van der Waals surface area contributed by atoms with Crippen molar-refractivity contribution in [2.24, 2.45) is 0 Å². The lowest BCUT2D eigenvalue weighted by atomic mass is 10.1. The number of amides is 1. The maximum atomic E-state index is 12.2. The number of nitrogens with zero attached hydrogens (tertiary/aromatic N) is 3. The molecule has 0 radical (unpaired) electrons. The molecule has 11 heteroatoms. The van der Waals surface area contributed by atoms with Gasteiger partial charge < -0.3 is 14.8 Å². The molecule has 0 bridgehead atoms. The molecule has 0 saturated carbocycles. The summed E-state index contributed by atoms with van der Waals surface area (Å²) in [6, 6.07) is 2.59. The van der Waals surface area contributed by atoms with E-state index in [4.69, 9.17) is 27.6 Å². The van der Waals surface area contributed by atoms with Gasteiger partial charge in [0, 0.05) is 5.02 Å². The summed E-state index contributed by atoms with van der Waals surface area (Å²) in [6.45, 7) is 2.63. The number of thioether (sulfide) groups is 1. The molecular formula is C17H18Cl2N4O4S. The van der Waals surface area contributed by atoms with Crippen LogP contribution in [0.25, 0.3) is 0 Å². The first kappa shape index (κ1) is 20.9. The molecule has 1 aliphatic rings. The number of carboxylic acid groups (broad SMARTS) is 1. The molecule has 3 rings (SSSR count). The number of carboxylic acids is 1. The van der Waals surface area contributed by atoms with E-state index in [0.29, 0.717) is 12.4 Å². The number of benzene rings is 1. The van der Waals surface area contributed by atoms with Gasteiger partial charge in [0.05, 0.1) is 28.6 Å². The average Bonchev–Trinajstić information content (AvgIpc) is 3.10. The third-order valence-electron chi connectivity index (χ3n) is 4.13. The number of anilines is 1. The Bertz CT molecular complexity index is 871. The molecule has 0 unspecified atom stereocenters. The van der Waals surface area contributed by atoms with Crippen molar-refractivity contribution >= 4 is 52.5 Å². The fraction of sp³-hybridized carbons (Fsp3) is 0.412. The van der Waals surface area contributed by atoms with Gasteiger partial charge in [-0.3, -0.25) is 9.69 Å². The molecule has 1 saturated heterocycles. The molecule has 1 aliphatic heterocycles. The molecule has 0 atom stereocenters. The van der Waals surface area contributed by atoms with Gasteiger partial charge in [0.2, 0.25) is 11.8 Å². The highest BCUT2D eigenvalue weighted by atomic mass is 35.5. The Morgan fingerprint density at radius 1 is 1.21 bits per heavy atom. The summed E-state index contributed by atoms with van der Waals surface area (Å²) >= 11 is 12.9. The summed E-state index contributed by atoms with van der Waals surface area (Å²) in [6.07, 6.45) is 3.58. The predicted octanol–water partition coefficient (Wildman–Crippen LogP) is 3.79. The van der Waals surface area contributed by atoms with Crippen molar-refractivity contribution in [1.29, 1.82) is 0 Å². The highest BCUT2D eigenvalue weighted by Gasteiger charge is 2.19. The standard InChI is InChI=1S/C17H18Cl2N4O4S/c18-10-6-11(16(25)26)15(12(19)7-10)20-13(24)9-28-17-22-21-14(27-17)8-23-4-2-1-3-5-23/h6-7H,1-5,8-9H2,(H,20,24)(H,25,26). The molecule has 0 spiro atoms. The van der Waals surface area contributed by atoms with Crippen LogP contribution < -0.4 is 5.32 Å². The number of hydrogen-bond donors (Lipinski definition) is 2. The molecule has 8 nitrogen and oxygen atoms in total. The number of hydrogen-bond acceptors (Lipinski definition) is 7. The predicted molar refractivity (Wildman–Crippen MR) is 106 cm³/mol. The summed E-state index contributed by atoms with van der Waals surface area (Å²) in [5.74, 6) is -1.22. The fourth-order valence-electron chi connectivity index (χ4n) is 2.84. The Hall–Kier alpha value is -1.81. The second-order valence-corrected chi connectivity index (χ2v) is 8.02. The largest absolute Gasteiger partial charge is 0.478 e. The minimum absolute atomic E-state index is 0.000447. The first-order valence-electron chi connectivity index (χ1n) is 8.62. The second-order valence-electron chi connectivity index (χ2n) is 6.25. The quantitative estimate of drug-likeness (QED) is 0.620. The number of carbonyl (C=O) groups is 2. The summed E-state index contributed by atoms with van der Waals surface area (Å²) in [7, 11) is 0. The van der Waals surface area contributed by atoms with Crippen LogP contribution in [0.2, 0.25) is 10.0 Å². The molecule has 1 fully saturated rings. The number of likely N-dealkylation sites (tertiary alicyclic amines) is 1. The zero-order chi connectivity index (χ0) is 20.1. The van der Waals surface area contributed by atoms with Crippen LogP contribution in [0, 0.1) is 0 Å². The number of aromatic nitrogens is 2. The third kappa shape index (κ3) is 5.60. The maximum absolute atomic E-state index is 12.2. The van der Waals surface area contributed by atoms with Crippen LogP contribution >= 0.6 is 35.0 Å². The van der Waals surface area contributed by atoms with Crippen LogP contribution in [0.3, 0.4) is 0 Å². The van der Waals surface area contributed by atoms with Crippen LogP contribution in [0.1, 0.15) is 35.5 Å². The van der Waals surface area contributed by atoms with Crippen LogP contribution in [0.5, 0.6) is 0 Å². The lowest BCUT2D eigenvalue weighted by Gasteiger charge is -2.24. The zero-order valence-electron chi connectivity index (χ0n) is 14.8. The van der Waals surface area contributed by atoms with E-state index in [2.05, 4.69) is 20.4 Å². The van der Waals surface area contributed by atoms with Gasteiger partial charge >= 0.3 is 5.97 Å². The number of aromatic carboxylic acids is 1. The van der Waals surface area contributed by atoms with E-state index in [1.807, 2.05) is 0 Å². The Morgan fingerprint density at radius 2 is 1.96 bits per heavy atom. The number of halogens is 2. The van der Waals surface area contributed by atoms with E-state index >= 15 is 0 Å². The number of nitrogens with one attached hydrogen (secondary N) is 1. The van der Waals surface area contributed by atoms with E-state index in [1.54, 1.807) is 0 Å². The van der Waals surface area contributed by atoms with E-state index in [-0.39, 0.29) is 32.3 Å². The molecule has 1 aromatic carbocycles. The average molecular weight is 445 g/mol. The number of rotatable bonds is 7. The van der Waals surface area contributed by atoms with Crippen molar-refractivity contribution in [1.82, 2.24) is 15.1 Å². The van der Waals surface area contributed by atoms with E-state index in [9.17, 15) is 14.7 Å². The van der Waals surface area contributed by atoms with Crippen molar-refractivity contribution in [3.8, 4) is 0 Å². The molecular weight excluding hydrogens is 427 g/mol. The molecule has 1 aromatic heterocycles. The van der Waals surface area contributed by atoms with Crippen molar-refractivity contribution in [3.63, 3.8) is 0 Å². The van der Waals surface area contributed by atoms with Gasteiger partial charge in [-0.2, -0.15) is 0 Å². The Labute approximate surface area is 175 Å². The van der Waals surface area contributed by atoms with Gasteiger partial charge in [0.1, 0.15) is 0 Å². The van der Waals surface area contributed by atoms with Crippen molar-refractivity contribution < 1.29 is 19.1 Å². The van der Waals surface area contributed by atoms with Gasteiger partial charge in [0.15, 0.2) is 0 Å². The van der Waals surface area contributed by atoms with Crippen LogP contribution in [0.4, 0.5) is 5.69 Å². The normalized spacial score (nSPS) is 14.8. The topological polar surface area (TPSA) is 109 Å². The molecule has 2 N–H and O–H groups in total. The molecule has 2 heterocycles. The number of carbonyl (C=O) groups excluding carboxylic acids is 1. The van der Waals surface area contributed by atoms with Crippen molar-refractivity contribution in [2.75, 3.05) is 24.2 Å². The van der Waals surface area contributed by atoms with Crippen molar-refractivity contribution in [3.05, 3.63) is 33.6 Å².